The molecule has 0 amide bonds. The third-order valence-corrected chi connectivity index (χ3v) is 4.37. The maximum atomic E-state index is 13.2. The van der Waals surface area contributed by atoms with E-state index >= 15 is 0 Å². The third kappa shape index (κ3) is 2.13. The molecule has 0 N–H and O–H groups in total. The van der Waals surface area contributed by atoms with E-state index in [2.05, 4.69) is 11.9 Å². The highest BCUT2D eigenvalue weighted by molar-refractivity contribution is 5.31. The van der Waals surface area contributed by atoms with Crippen LogP contribution >= 0.6 is 0 Å². The molecule has 0 unspecified atom stereocenters. The molecule has 1 saturated heterocycles. The van der Waals surface area contributed by atoms with Crippen LogP contribution in [0.5, 0.6) is 0 Å². The number of piperidine rings is 1. The Labute approximate surface area is 102 Å². The number of likely N-dealkylation sites (tertiary alicyclic amines) is 1. The smallest absolute Gasteiger partial charge is 0.111 e. The van der Waals surface area contributed by atoms with Gasteiger partial charge >= 0.3 is 0 Å². The van der Waals surface area contributed by atoms with Crippen molar-refractivity contribution in [3.63, 3.8) is 0 Å². The molecule has 1 aliphatic carbocycles. The quantitative estimate of drug-likeness (QED) is 0.641. The molecule has 3 heteroatoms. The lowest BCUT2D eigenvalue weighted by molar-refractivity contribution is -0.0633. The number of hydrogen-bond donors (Lipinski definition) is 0. The molecule has 94 valence electrons. The van der Waals surface area contributed by atoms with E-state index in [-0.39, 0.29) is 11.4 Å². The van der Waals surface area contributed by atoms with Crippen molar-refractivity contribution >= 4 is 0 Å². The zero-order chi connectivity index (χ0) is 11.9. The van der Waals surface area contributed by atoms with Crippen molar-refractivity contribution in [2.24, 2.45) is 0 Å². The second kappa shape index (κ2) is 4.13. The first kappa shape index (κ1) is 11.3. The molecule has 2 aliphatic heterocycles. The van der Waals surface area contributed by atoms with Gasteiger partial charge in [0.15, 0.2) is 0 Å². The first-order valence-electron chi connectivity index (χ1n) is 6.63. The monoisotopic (exact) mass is 237 g/mol. The zero-order valence-electron chi connectivity index (χ0n) is 10.5. The van der Waals surface area contributed by atoms with Gasteiger partial charge in [-0.2, -0.15) is 0 Å². The Hall–Kier alpha value is -0.830. The summed E-state index contributed by atoms with van der Waals surface area (Å²) in [5, 5.41) is 0. The van der Waals surface area contributed by atoms with Crippen LogP contribution in [0.1, 0.15) is 38.5 Å². The summed E-state index contributed by atoms with van der Waals surface area (Å²) >= 11 is 0. The van der Waals surface area contributed by atoms with Crippen LogP contribution < -0.4 is 0 Å². The summed E-state index contributed by atoms with van der Waals surface area (Å²) < 4.78 is 19.5. The van der Waals surface area contributed by atoms with Crippen molar-refractivity contribution in [3.8, 4) is 0 Å². The predicted molar refractivity (Wildman–Crippen MR) is 65.2 cm³/mol. The maximum absolute atomic E-state index is 13.2. The van der Waals surface area contributed by atoms with E-state index in [4.69, 9.17) is 4.74 Å². The summed E-state index contributed by atoms with van der Waals surface area (Å²) in [5.74, 6) is 1.09. The van der Waals surface area contributed by atoms with Gasteiger partial charge in [-0.25, -0.2) is 4.39 Å². The SMILES string of the molecule is CN1CCC2(CCC3=C(CCC(F)=C3)O2)CC1. The number of rotatable bonds is 0. The van der Waals surface area contributed by atoms with Crippen LogP contribution in [0.2, 0.25) is 0 Å². The average molecular weight is 237 g/mol. The Bertz CT molecular complexity index is 378. The lowest BCUT2D eigenvalue weighted by atomic mass is 9.82. The van der Waals surface area contributed by atoms with Crippen LogP contribution in [0.3, 0.4) is 0 Å². The fourth-order valence-electron chi connectivity index (χ4n) is 3.12. The highest BCUT2D eigenvalue weighted by atomic mass is 19.1. The van der Waals surface area contributed by atoms with Gasteiger partial charge in [0, 0.05) is 25.9 Å². The molecular formula is C14H20FNO. The number of hydrogen-bond acceptors (Lipinski definition) is 2. The second-order valence-electron chi connectivity index (χ2n) is 5.63. The van der Waals surface area contributed by atoms with Crippen LogP contribution in [-0.4, -0.2) is 30.6 Å². The summed E-state index contributed by atoms with van der Waals surface area (Å²) in [6.07, 6.45) is 7.26. The van der Waals surface area contributed by atoms with E-state index in [1.54, 1.807) is 6.08 Å². The molecule has 0 radical (unpaired) electrons. The van der Waals surface area contributed by atoms with Crippen LogP contribution in [0.15, 0.2) is 23.2 Å². The zero-order valence-corrected chi connectivity index (χ0v) is 10.5. The predicted octanol–water partition coefficient (Wildman–Crippen LogP) is 3.16. The first-order valence-corrected chi connectivity index (χ1v) is 6.63. The molecule has 2 heterocycles. The second-order valence-corrected chi connectivity index (χ2v) is 5.63. The molecule has 0 aromatic carbocycles. The van der Waals surface area contributed by atoms with Crippen molar-refractivity contribution in [3.05, 3.63) is 23.2 Å². The van der Waals surface area contributed by atoms with Gasteiger partial charge in [-0.05, 0) is 44.4 Å². The van der Waals surface area contributed by atoms with Gasteiger partial charge < -0.3 is 9.64 Å². The Kier molecular flexibility index (Phi) is 2.74. The van der Waals surface area contributed by atoms with E-state index in [1.807, 2.05) is 0 Å². The molecule has 3 rings (SSSR count). The molecule has 0 bridgehead atoms. The van der Waals surface area contributed by atoms with Crippen LogP contribution in [0, 0.1) is 0 Å². The Morgan fingerprint density at radius 3 is 2.71 bits per heavy atom. The molecule has 3 aliphatic rings. The van der Waals surface area contributed by atoms with Gasteiger partial charge in [0.05, 0.1) is 0 Å². The van der Waals surface area contributed by atoms with Crippen LogP contribution in [0.4, 0.5) is 4.39 Å². The van der Waals surface area contributed by atoms with Crippen molar-refractivity contribution in [1.82, 2.24) is 4.90 Å². The van der Waals surface area contributed by atoms with Gasteiger partial charge in [-0.1, -0.05) is 0 Å². The summed E-state index contributed by atoms with van der Waals surface area (Å²) in [7, 11) is 2.17. The molecule has 0 atom stereocenters. The fraction of sp³-hybridized carbons (Fsp3) is 0.714. The minimum absolute atomic E-state index is 0.0201. The number of nitrogens with zero attached hydrogens (tertiary/aromatic N) is 1. The molecule has 0 aromatic heterocycles. The third-order valence-electron chi connectivity index (χ3n) is 4.37. The Morgan fingerprint density at radius 2 is 1.94 bits per heavy atom. The number of allylic oxidation sites excluding steroid dienone is 4. The highest BCUT2D eigenvalue weighted by Gasteiger charge is 2.39. The topological polar surface area (TPSA) is 12.5 Å². The van der Waals surface area contributed by atoms with Crippen LogP contribution in [0.25, 0.3) is 0 Å². The summed E-state index contributed by atoms with van der Waals surface area (Å²) in [4.78, 5) is 2.36. The van der Waals surface area contributed by atoms with Gasteiger partial charge in [0.25, 0.3) is 0 Å². The minimum atomic E-state index is 0.0201. The van der Waals surface area contributed by atoms with E-state index in [9.17, 15) is 4.39 Å². The minimum Gasteiger partial charge on any atom is -0.491 e. The molecule has 1 spiro atoms. The largest absolute Gasteiger partial charge is 0.491 e. The van der Waals surface area contributed by atoms with Crippen LogP contribution in [-0.2, 0) is 4.74 Å². The standard InChI is InChI=1S/C14H20FNO/c1-16-8-6-14(7-9-16)5-4-11-10-12(15)2-3-13(11)17-14/h10H,2-9H2,1H3. The lowest BCUT2D eigenvalue weighted by Gasteiger charge is -2.45. The molecular weight excluding hydrogens is 217 g/mol. The lowest BCUT2D eigenvalue weighted by Crippen LogP contribution is -2.46. The van der Waals surface area contributed by atoms with Gasteiger partial charge in [-0.15, -0.1) is 0 Å². The van der Waals surface area contributed by atoms with E-state index < -0.39 is 0 Å². The first-order chi connectivity index (χ1) is 8.17. The molecule has 17 heavy (non-hydrogen) atoms. The fourth-order valence-corrected chi connectivity index (χ4v) is 3.12. The van der Waals surface area contributed by atoms with E-state index in [0.717, 1.165) is 56.5 Å². The summed E-state index contributed by atoms with van der Waals surface area (Å²) in [6.45, 7) is 2.24. The highest BCUT2D eigenvalue weighted by Crippen LogP contribution is 2.42. The van der Waals surface area contributed by atoms with Crippen molar-refractivity contribution in [2.45, 2.75) is 44.1 Å². The van der Waals surface area contributed by atoms with E-state index in [0.29, 0.717) is 6.42 Å². The number of ether oxygens (including phenoxy) is 1. The van der Waals surface area contributed by atoms with Gasteiger partial charge in [0.2, 0.25) is 0 Å². The Morgan fingerprint density at radius 1 is 1.18 bits per heavy atom. The number of halogens is 1. The Balaban J connectivity index is 1.77. The van der Waals surface area contributed by atoms with E-state index in [1.165, 1.54) is 0 Å². The van der Waals surface area contributed by atoms with Crippen molar-refractivity contribution in [2.75, 3.05) is 20.1 Å². The maximum Gasteiger partial charge on any atom is 0.111 e. The normalized spacial score (nSPS) is 28.7. The molecule has 0 saturated carbocycles. The molecule has 2 nitrogen and oxygen atoms in total. The average Bonchev–Trinajstić information content (AvgIpc) is 2.34. The molecule has 0 aromatic rings. The van der Waals surface area contributed by atoms with Gasteiger partial charge in [0.1, 0.15) is 17.2 Å². The van der Waals surface area contributed by atoms with Gasteiger partial charge in [-0.3, -0.25) is 0 Å². The van der Waals surface area contributed by atoms with Crippen molar-refractivity contribution < 1.29 is 9.13 Å². The van der Waals surface area contributed by atoms with Crippen molar-refractivity contribution in [1.29, 1.82) is 0 Å². The summed E-state index contributed by atoms with van der Waals surface area (Å²) in [5.41, 5.74) is 1.17. The molecule has 1 fully saturated rings. The summed E-state index contributed by atoms with van der Waals surface area (Å²) in [6, 6.07) is 0.